The second-order valence-corrected chi connectivity index (χ2v) is 10.4. The van der Waals surface area contributed by atoms with Crippen molar-refractivity contribution in [3.63, 3.8) is 0 Å². The van der Waals surface area contributed by atoms with Crippen molar-refractivity contribution < 1.29 is 17.6 Å². The van der Waals surface area contributed by atoms with E-state index in [1.54, 1.807) is 0 Å². The molecule has 2 aliphatic heterocycles. The Balaban J connectivity index is 1.27. The Morgan fingerprint density at radius 1 is 1.00 bits per heavy atom. The summed E-state index contributed by atoms with van der Waals surface area (Å²) in [6.07, 6.45) is 2.74. The molecule has 0 spiro atoms. The molecule has 0 aliphatic carbocycles. The average Bonchev–Trinajstić information content (AvgIpc) is 3.46. The summed E-state index contributed by atoms with van der Waals surface area (Å²) in [5.74, 6) is 0.206. The highest BCUT2D eigenvalue weighted by molar-refractivity contribution is 7.89. The number of hydrogen-bond donors (Lipinski definition) is 1. The maximum atomic E-state index is 13.3. The van der Waals surface area contributed by atoms with Gasteiger partial charge in [-0.1, -0.05) is 12.1 Å². The van der Waals surface area contributed by atoms with Crippen molar-refractivity contribution >= 4 is 27.0 Å². The van der Waals surface area contributed by atoms with E-state index in [1.165, 1.54) is 16.4 Å². The monoisotopic (exact) mass is 456 g/mol. The number of benzene rings is 2. The number of para-hydroxylation sites is 2. The summed E-state index contributed by atoms with van der Waals surface area (Å²) >= 11 is 0. The van der Waals surface area contributed by atoms with Crippen LogP contribution in [0.3, 0.4) is 0 Å². The van der Waals surface area contributed by atoms with Crippen LogP contribution in [0.2, 0.25) is 0 Å². The quantitative estimate of drug-likeness (QED) is 0.651. The molecule has 1 unspecified atom stereocenters. The van der Waals surface area contributed by atoms with Gasteiger partial charge in [0.1, 0.15) is 11.6 Å². The number of imidazole rings is 1. The number of rotatable bonds is 4. The van der Waals surface area contributed by atoms with Crippen LogP contribution in [0.4, 0.5) is 4.39 Å². The summed E-state index contributed by atoms with van der Waals surface area (Å²) < 4.78 is 40.3. The number of likely N-dealkylation sites (tertiary alicyclic amines) is 1. The van der Waals surface area contributed by atoms with Crippen molar-refractivity contribution in [3.05, 3.63) is 60.2 Å². The van der Waals surface area contributed by atoms with Gasteiger partial charge in [-0.25, -0.2) is 17.8 Å². The van der Waals surface area contributed by atoms with E-state index in [4.69, 9.17) is 4.98 Å². The van der Waals surface area contributed by atoms with E-state index in [2.05, 4.69) is 4.98 Å². The summed E-state index contributed by atoms with van der Waals surface area (Å²) in [4.78, 5) is 23.4. The van der Waals surface area contributed by atoms with Gasteiger partial charge in [0, 0.05) is 25.6 Å². The molecule has 7 nitrogen and oxygen atoms in total. The van der Waals surface area contributed by atoms with Gasteiger partial charge in [0.2, 0.25) is 15.9 Å². The lowest BCUT2D eigenvalue weighted by Crippen LogP contribution is -2.44. The normalized spacial score (nSPS) is 20.8. The summed E-state index contributed by atoms with van der Waals surface area (Å²) in [5.41, 5.74) is 1.85. The molecule has 2 fully saturated rings. The number of nitrogens with zero attached hydrogens (tertiary/aromatic N) is 3. The van der Waals surface area contributed by atoms with Crippen LogP contribution < -0.4 is 0 Å². The maximum absolute atomic E-state index is 13.3. The first-order valence-corrected chi connectivity index (χ1v) is 12.4. The number of nitrogens with one attached hydrogen (secondary N) is 1. The molecule has 2 saturated heterocycles. The minimum atomic E-state index is -3.69. The molecular formula is C23H25FN4O3S. The smallest absolute Gasteiger partial charge is 0.243 e. The van der Waals surface area contributed by atoms with E-state index in [-0.39, 0.29) is 35.9 Å². The zero-order chi connectivity index (χ0) is 22.3. The SMILES string of the molecule is O=C(C1CCN(S(=O)(=O)c2ccc(F)cc2)CC1)N1CCCC1c1nc2ccccc2[nH]1. The van der Waals surface area contributed by atoms with Gasteiger partial charge in [-0.15, -0.1) is 0 Å². The molecule has 0 saturated carbocycles. The molecule has 3 heterocycles. The van der Waals surface area contributed by atoms with Gasteiger partial charge in [-0.3, -0.25) is 4.79 Å². The van der Waals surface area contributed by atoms with E-state index < -0.39 is 15.8 Å². The number of halogens is 1. The number of aromatic nitrogens is 2. The lowest BCUT2D eigenvalue weighted by molar-refractivity contribution is -0.137. The lowest BCUT2D eigenvalue weighted by Gasteiger charge is -2.34. The standard InChI is InChI=1S/C23H25FN4O3S/c24-17-7-9-18(10-8-17)32(30,31)27-14-11-16(12-15-27)23(29)28-13-3-6-21(28)22-25-19-4-1-2-5-20(19)26-22/h1-2,4-5,7-10,16,21H,3,6,11-15H2,(H,25,26). The van der Waals surface area contributed by atoms with Gasteiger partial charge in [0.25, 0.3) is 0 Å². The first kappa shape index (κ1) is 21.1. The average molecular weight is 457 g/mol. The molecule has 0 radical (unpaired) electrons. The van der Waals surface area contributed by atoms with Gasteiger partial charge < -0.3 is 9.88 Å². The molecule has 2 aliphatic rings. The molecule has 1 amide bonds. The Morgan fingerprint density at radius 2 is 1.72 bits per heavy atom. The fourth-order valence-electron chi connectivity index (χ4n) is 4.78. The summed E-state index contributed by atoms with van der Waals surface area (Å²) in [5, 5.41) is 0. The summed E-state index contributed by atoms with van der Waals surface area (Å²) in [6.45, 7) is 1.24. The van der Waals surface area contributed by atoms with Crippen LogP contribution in [0, 0.1) is 11.7 Å². The van der Waals surface area contributed by atoms with Crippen LogP contribution in [0.25, 0.3) is 11.0 Å². The van der Waals surface area contributed by atoms with Crippen molar-refractivity contribution in [2.45, 2.75) is 36.6 Å². The van der Waals surface area contributed by atoms with Crippen LogP contribution >= 0.6 is 0 Å². The van der Waals surface area contributed by atoms with Crippen molar-refractivity contribution in [2.24, 2.45) is 5.92 Å². The summed E-state index contributed by atoms with van der Waals surface area (Å²) in [6, 6.07) is 12.6. The number of piperidine rings is 1. The zero-order valence-corrected chi connectivity index (χ0v) is 18.4. The molecule has 1 N–H and O–H groups in total. The molecule has 0 bridgehead atoms. The lowest BCUT2D eigenvalue weighted by atomic mass is 9.96. The predicted molar refractivity (Wildman–Crippen MR) is 118 cm³/mol. The molecule has 1 aromatic heterocycles. The third-order valence-corrected chi connectivity index (χ3v) is 8.43. The number of amides is 1. The Labute approximate surface area is 186 Å². The van der Waals surface area contributed by atoms with Crippen LogP contribution in [0.15, 0.2) is 53.4 Å². The summed E-state index contributed by atoms with van der Waals surface area (Å²) in [7, 11) is -3.69. The Hall–Kier alpha value is -2.78. The van der Waals surface area contributed by atoms with Gasteiger partial charge in [-0.05, 0) is 62.1 Å². The Morgan fingerprint density at radius 3 is 2.44 bits per heavy atom. The number of fused-ring (bicyclic) bond motifs is 1. The number of H-pyrrole nitrogens is 1. The molecule has 3 aromatic rings. The van der Waals surface area contributed by atoms with E-state index in [0.29, 0.717) is 19.4 Å². The van der Waals surface area contributed by atoms with Crippen molar-refractivity contribution in [1.82, 2.24) is 19.2 Å². The second-order valence-electron chi connectivity index (χ2n) is 8.46. The molecule has 5 rings (SSSR count). The number of aromatic amines is 1. The largest absolute Gasteiger partial charge is 0.340 e. The molecule has 2 aromatic carbocycles. The molecule has 1 atom stereocenters. The minimum Gasteiger partial charge on any atom is -0.340 e. The van der Waals surface area contributed by atoms with Crippen LogP contribution in [0.5, 0.6) is 0 Å². The highest BCUT2D eigenvalue weighted by Crippen LogP contribution is 2.34. The number of carbonyl (C=O) groups excluding carboxylic acids is 1. The van der Waals surface area contributed by atoms with E-state index in [0.717, 1.165) is 41.8 Å². The van der Waals surface area contributed by atoms with E-state index >= 15 is 0 Å². The first-order valence-electron chi connectivity index (χ1n) is 10.9. The minimum absolute atomic E-state index is 0.0733. The van der Waals surface area contributed by atoms with Crippen molar-refractivity contribution in [3.8, 4) is 0 Å². The maximum Gasteiger partial charge on any atom is 0.243 e. The van der Waals surface area contributed by atoms with E-state index in [9.17, 15) is 17.6 Å². The van der Waals surface area contributed by atoms with Crippen LogP contribution in [-0.4, -0.2) is 53.1 Å². The molecule has 32 heavy (non-hydrogen) atoms. The first-order chi connectivity index (χ1) is 15.4. The Bertz CT molecular complexity index is 1200. The van der Waals surface area contributed by atoms with E-state index in [1.807, 2.05) is 29.2 Å². The molecule has 9 heteroatoms. The van der Waals surface area contributed by atoms with Crippen molar-refractivity contribution in [1.29, 1.82) is 0 Å². The number of hydrogen-bond acceptors (Lipinski definition) is 4. The highest BCUT2D eigenvalue weighted by Gasteiger charge is 2.38. The number of carbonyl (C=O) groups is 1. The Kier molecular flexibility index (Phi) is 5.46. The van der Waals surface area contributed by atoms with Crippen LogP contribution in [0.1, 0.15) is 37.5 Å². The molecule has 168 valence electrons. The van der Waals surface area contributed by atoms with Gasteiger partial charge in [-0.2, -0.15) is 4.31 Å². The fourth-order valence-corrected chi connectivity index (χ4v) is 6.25. The number of sulfonamides is 1. The van der Waals surface area contributed by atoms with Gasteiger partial charge in [0.05, 0.1) is 22.0 Å². The van der Waals surface area contributed by atoms with Crippen LogP contribution in [-0.2, 0) is 14.8 Å². The fraction of sp³-hybridized carbons (Fsp3) is 0.391. The third-order valence-electron chi connectivity index (χ3n) is 6.51. The topological polar surface area (TPSA) is 86.4 Å². The van der Waals surface area contributed by atoms with Crippen molar-refractivity contribution in [2.75, 3.05) is 19.6 Å². The predicted octanol–water partition coefficient (Wildman–Crippen LogP) is 3.47. The second kappa shape index (κ2) is 8.29. The molecular weight excluding hydrogens is 431 g/mol. The zero-order valence-electron chi connectivity index (χ0n) is 17.6. The van der Waals surface area contributed by atoms with Gasteiger partial charge >= 0.3 is 0 Å². The van der Waals surface area contributed by atoms with Gasteiger partial charge in [0.15, 0.2) is 0 Å². The third kappa shape index (κ3) is 3.80. The highest BCUT2D eigenvalue weighted by atomic mass is 32.2.